The highest BCUT2D eigenvalue weighted by Gasteiger charge is 2.23. The zero-order valence-corrected chi connectivity index (χ0v) is 22.8. The Bertz CT molecular complexity index is 747. The maximum Gasteiger partial charge on any atom is 0.209 e. The summed E-state index contributed by atoms with van der Waals surface area (Å²) in [5, 5.41) is 1.93. The van der Waals surface area contributed by atoms with Crippen LogP contribution in [0.15, 0.2) is 36.4 Å². The van der Waals surface area contributed by atoms with Gasteiger partial charge in [0.1, 0.15) is 11.5 Å². The van der Waals surface area contributed by atoms with E-state index in [0.29, 0.717) is 26.4 Å². The normalized spacial score (nSPS) is 11.5. The van der Waals surface area contributed by atoms with Crippen molar-refractivity contribution in [3.05, 3.63) is 47.5 Å². The molecule has 0 aliphatic rings. The molecule has 2 aromatic carbocycles. The number of aryl methyl sites for hydroxylation is 2. The first-order valence-electron chi connectivity index (χ1n) is 12.0. The lowest BCUT2D eigenvalue weighted by molar-refractivity contribution is 0.256. The molecule has 0 aliphatic heterocycles. The van der Waals surface area contributed by atoms with Gasteiger partial charge in [0, 0.05) is 0 Å². The van der Waals surface area contributed by atoms with E-state index >= 15 is 0 Å². The van der Waals surface area contributed by atoms with Crippen LogP contribution < -0.4 is 15.3 Å². The van der Waals surface area contributed by atoms with Gasteiger partial charge in [-0.15, -0.1) is 0 Å². The van der Waals surface area contributed by atoms with Crippen molar-refractivity contribution in [2.75, 3.05) is 26.4 Å². The number of benzene rings is 2. The SMILES string of the molecule is CCCOP(OCCC)c1cc(C)ccc1Oc1ccc(C)cc1P(OCCC)OCCC. The van der Waals surface area contributed by atoms with Gasteiger partial charge in [-0.1, -0.05) is 51.0 Å². The Hall–Kier alpha value is -1.06. The summed E-state index contributed by atoms with van der Waals surface area (Å²) >= 11 is 0. The first-order valence-corrected chi connectivity index (χ1v) is 14.4. The minimum atomic E-state index is -1.23. The minimum Gasteiger partial charge on any atom is -0.456 e. The molecule has 0 saturated carbocycles. The van der Waals surface area contributed by atoms with E-state index in [1.54, 1.807) is 0 Å². The molecule has 0 aliphatic carbocycles. The second-order valence-electron chi connectivity index (χ2n) is 7.89. The van der Waals surface area contributed by atoms with Gasteiger partial charge in [0.25, 0.3) is 0 Å². The summed E-state index contributed by atoms with van der Waals surface area (Å²) in [4.78, 5) is 0. The van der Waals surface area contributed by atoms with E-state index in [-0.39, 0.29) is 0 Å². The molecule has 0 fully saturated rings. The monoisotopic (exact) mass is 494 g/mol. The van der Waals surface area contributed by atoms with Gasteiger partial charge in [-0.2, -0.15) is 0 Å². The van der Waals surface area contributed by atoms with Crippen molar-refractivity contribution < 1.29 is 22.8 Å². The smallest absolute Gasteiger partial charge is 0.209 e. The Morgan fingerprint density at radius 3 is 1.18 bits per heavy atom. The van der Waals surface area contributed by atoms with Crippen LogP contribution in [0.25, 0.3) is 0 Å². The summed E-state index contributed by atoms with van der Waals surface area (Å²) in [6, 6.07) is 12.4. The highest BCUT2D eigenvalue weighted by molar-refractivity contribution is 7.56. The molecule has 0 N–H and O–H groups in total. The van der Waals surface area contributed by atoms with Gasteiger partial charge < -0.3 is 22.8 Å². The van der Waals surface area contributed by atoms with Crippen LogP contribution in [-0.4, -0.2) is 26.4 Å². The lowest BCUT2D eigenvalue weighted by atomic mass is 10.2. The van der Waals surface area contributed by atoms with Gasteiger partial charge in [0.15, 0.2) is 0 Å². The molecule has 33 heavy (non-hydrogen) atoms. The standard InChI is InChI=1S/C26H40O5P2/c1-7-15-27-32(28-16-8-2)25-19-21(5)11-13-23(25)31-24-14-12-22(6)20-26(24)33(29-17-9-3)30-18-10-4/h11-14,19-20H,7-10,15-18H2,1-6H3. The molecular weight excluding hydrogens is 454 g/mol. The van der Waals surface area contributed by atoms with Crippen LogP contribution in [0.3, 0.4) is 0 Å². The van der Waals surface area contributed by atoms with Crippen molar-refractivity contribution in [3.63, 3.8) is 0 Å². The molecule has 2 aromatic rings. The molecular formula is C26H40O5P2. The van der Waals surface area contributed by atoms with Crippen LogP contribution in [0.1, 0.15) is 64.5 Å². The Balaban J connectivity index is 2.43. The Morgan fingerprint density at radius 1 is 0.545 bits per heavy atom. The van der Waals surface area contributed by atoms with E-state index in [1.807, 2.05) is 12.1 Å². The lowest BCUT2D eigenvalue weighted by Crippen LogP contribution is -2.15. The molecule has 2 rings (SSSR count). The third kappa shape index (κ3) is 9.25. The van der Waals surface area contributed by atoms with Crippen molar-refractivity contribution in [1.29, 1.82) is 0 Å². The number of hydrogen-bond donors (Lipinski definition) is 0. The van der Waals surface area contributed by atoms with Gasteiger partial charge in [-0.3, -0.25) is 0 Å². The molecule has 0 heterocycles. The van der Waals surface area contributed by atoms with Crippen molar-refractivity contribution in [2.45, 2.75) is 67.2 Å². The van der Waals surface area contributed by atoms with Gasteiger partial charge in [0.05, 0.1) is 37.0 Å². The fourth-order valence-electron chi connectivity index (χ4n) is 2.88. The molecule has 0 unspecified atom stereocenters. The maximum absolute atomic E-state index is 6.54. The summed E-state index contributed by atoms with van der Waals surface area (Å²) in [5.41, 5.74) is 2.29. The lowest BCUT2D eigenvalue weighted by Gasteiger charge is -2.23. The van der Waals surface area contributed by atoms with Crippen molar-refractivity contribution in [2.24, 2.45) is 0 Å². The molecule has 0 atom stereocenters. The zero-order chi connectivity index (χ0) is 24.1. The molecule has 5 nitrogen and oxygen atoms in total. The topological polar surface area (TPSA) is 46.2 Å². The van der Waals surface area contributed by atoms with E-state index in [0.717, 1.165) is 58.9 Å². The Labute approximate surface area is 203 Å². The Morgan fingerprint density at radius 2 is 0.879 bits per heavy atom. The van der Waals surface area contributed by atoms with Crippen LogP contribution >= 0.6 is 16.8 Å². The summed E-state index contributed by atoms with van der Waals surface area (Å²) in [6.45, 7) is 15.2. The third-order valence-electron chi connectivity index (χ3n) is 4.49. The quantitative estimate of drug-likeness (QED) is 0.224. The molecule has 7 heteroatoms. The molecule has 184 valence electrons. The number of ether oxygens (including phenoxy) is 1. The van der Waals surface area contributed by atoms with Crippen LogP contribution in [-0.2, 0) is 18.1 Å². The second kappa shape index (κ2) is 15.8. The molecule has 0 spiro atoms. The van der Waals surface area contributed by atoms with E-state index < -0.39 is 16.8 Å². The summed E-state index contributed by atoms with van der Waals surface area (Å²) < 4.78 is 31.1. The molecule has 0 bridgehead atoms. The molecule has 0 radical (unpaired) electrons. The minimum absolute atomic E-state index is 0.652. The molecule has 0 amide bonds. The van der Waals surface area contributed by atoms with Crippen LogP contribution in [0.5, 0.6) is 11.5 Å². The first kappa shape index (κ1) is 28.2. The number of hydrogen-bond acceptors (Lipinski definition) is 5. The largest absolute Gasteiger partial charge is 0.456 e. The van der Waals surface area contributed by atoms with Gasteiger partial charge in [-0.25, -0.2) is 0 Å². The van der Waals surface area contributed by atoms with E-state index in [2.05, 4.69) is 65.8 Å². The van der Waals surface area contributed by atoms with E-state index in [1.165, 1.54) is 0 Å². The first-order chi connectivity index (χ1) is 16.0. The highest BCUT2D eigenvalue weighted by atomic mass is 31.2. The summed E-state index contributed by atoms with van der Waals surface area (Å²) in [5.74, 6) is 1.51. The van der Waals surface area contributed by atoms with E-state index in [4.69, 9.17) is 22.8 Å². The predicted molar refractivity (Wildman–Crippen MR) is 141 cm³/mol. The number of rotatable bonds is 16. The van der Waals surface area contributed by atoms with Crippen molar-refractivity contribution in [1.82, 2.24) is 0 Å². The fraction of sp³-hybridized carbons (Fsp3) is 0.538. The zero-order valence-electron chi connectivity index (χ0n) is 21.1. The molecule has 0 aromatic heterocycles. The average Bonchev–Trinajstić information content (AvgIpc) is 2.81. The van der Waals surface area contributed by atoms with E-state index in [9.17, 15) is 0 Å². The van der Waals surface area contributed by atoms with Crippen molar-refractivity contribution in [3.8, 4) is 11.5 Å². The summed E-state index contributed by atoms with van der Waals surface area (Å²) in [7, 11) is -2.47. The van der Waals surface area contributed by atoms with Crippen LogP contribution in [0.4, 0.5) is 0 Å². The predicted octanol–water partition coefficient (Wildman–Crippen LogP) is 7.68. The average molecular weight is 495 g/mol. The van der Waals surface area contributed by atoms with Crippen molar-refractivity contribution >= 4 is 27.4 Å². The van der Waals surface area contributed by atoms with Gasteiger partial charge >= 0.3 is 0 Å². The Kier molecular flexibility index (Phi) is 13.5. The van der Waals surface area contributed by atoms with Gasteiger partial charge in [-0.05, 0) is 63.8 Å². The maximum atomic E-state index is 6.54. The van der Waals surface area contributed by atoms with Crippen LogP contribution in [0, 0.1) is 13.8 Å². The fourth-order valence-corrected chi connectivity index (χ4v) is 6.20. The highest BCUT2D eigenvalue weighted by Crippen LogP contribution is 2.44. The van der Waals surface area contributed by atoms with Gasteiger partial charge in [0.2, 0.25) is 16.8 Å². The summed E-state index contributed by atoms with van der Waals surface area (Å²) in [6.07, 6.45) is 3.75. The molecule has 0 saturated heterocycles. The second-order valence-corrected chi connectivity index (χ2v) is 10.9. The third-order valence-corrected chi connectivity index (χ3v) is 7.65. The van der Waals surface area contributed by atoms with Crippen LogP contribution in [0.2, 0.25) is 0 Å².